The number of carbonyl (C=O) groups is 1. The van der Waals surface area contributed by atoms with Gasteiger partial charge in [0.15, 0.2) is 9.84 Å². The Kier molecular flexibility index (Phi) is 6.25. The second kappa shape index (κ2) is 9.14. The summed E-state index contributed by atoms with van der Waals surface area (Å²) in [6, 6.07) is 12.4. The molecule has 1 aromatic carbocycles. The fraction of sp³-hybridized carbons (Fsp3) is 0.167. The van der Waals surface area contributed by atoms with E-state index in [1.54, 1.807) is 36.4 Å². The van der Waals surface area contributed by atoms with E-state index in [0.29, 0.717) is 22.5 Å². The fourth-order valence-electron chi connectivity index (χ4n) is 3.57. The van der Waals surface area contributed by atoms with E-state index in [0.717, 1.165) is 17.5 Å². The summed E-state index contributed by atoms with van der Waals surface area (Å²) in [5, 5.41) is 3.21. The highest BCUT2D eigenvalue weighted by molar-refractivity contribution is 7.91. The number of sulfone groups is 1. The van der Waals surface area contributed by atoms with Crippen LogP contribution >= 0.6 is 0 Å². The van der Waals surface area contributed by atoms with Crippen molar-refractivity contribution in [3.63, 3.8) is 0 Å². The number of rotatable bonds is 6. The number of pyridine rings is 3. The lowest BCUT2D eigenvalue weighted by Gasteiger charge is -2.10. The molecule has 3 N–H and O–H groups in total. The maximum atomic E-state index is 14.7. The molecule has 4 rings (SSSR count). The van der Waals surface area contributed by atoms with Gasteiger partial charge >= 0.3 is 0 Å². The van der Waals surface area contributed by atoms with Gasteiger partial charge in [-0.1, -0.05) is 18.2 Å². The van der Waals surface area contributed by atoms with Gasteiger partial charge in [-0.15, -0.1) is 0 Å². The molecule has 3 aromatic heterocycles. The van der Waals surface area contributed by atoms with Crippen LogP contribution in [0.2, 0.25) is 0 Å². The molecule has 0 bridgehead atoms. The number of carbonyl (C=O) groups excluding carboxylic acids is 1. The van der Waals surface area contributed by atoms with Crippen molar-refractivity contribution in [2.24, 2.45) is 0 Å². The van der Waals surface area contributed by atoms with Crippen molar-refractivity contribution in [2.45, 2.75) is 24.8 Å². The molecule has 0 spiro atoms. The van der Waals surface area contributed by atoms with Gasteiger partial charge in [0.1, 0.15) is 11.6 Å². The smallest absolute Gasteiger partial charge is 0.251 e. The van der Waals surface area contributed by atoms with E-state index < -0.39 is 15.7 Å². The van der Waals surface area contributed by atoms with Crippen LogP contribution in [0.4, 0.5) is 10.2 Å². The number of nitrogens with two attached hydrogens (primary N) is 1. The summed E-state index contributed by atoms with van der Waals surface area (Å²) < 4.78 is 39.0. The summed E-state index contributed by atoms with van der Waals surface area (Å²) in [6.45, 7) is 2.08. The van der Waals surface area contributed by atoms with Gasteiger partial charge < -0.3 is 11.1 Å². The van der Waals surface area contributed by atoms with E-state index in [1.165, 1.54) is 18.3 Å². The quantitative estimate of drug-likeness (QED) is 0.435. The van der Waals surface area contributed by atoms with Crippen molar-refractivity contribution in [2.75, 3.05) is 12.0 Å². The lowest BCUT2D eigenvalue weighted by Crippen LogP contribution is -2.23. The Bertz CT molecular complexity index is 1520. The maximum absolute atomic E-state index is 14.7. The van der Waals surface area contributed by atoms with Crippen LogP contribution in [-0.4, -0.2) is 35.5 Å². The number of para-hydroxylation sites is 1. The number of nitrogens with zero attached hydrogens (tertiary/aromatic N) is 3. The number of nitrogens with one attached hydrogen (secondary N) is 1. The van der Waals surface area contributed by atoms with Gasteiger partial charge in [0.25, 0.3) is 5.91 Å². The first-order chi connectivity index (χ1) is 16.1. The molecule has 8 nitrogen and oxygen atoms in total. The molecule has 0 fully saturated rings. The van der Waals surface area contributed by atoms with Gasteiger partial charge in [-0.25, -0.2) is 22.8 Å². The van der Waals surface area contributed by atoms with Gasteiger partial charge in [0.05, 0.1) is 16.1 Å². The predicted molar refractivity (Wildman–Crippen MR) is 126 cm³/mol. The SMILES string of the molecule is Cc1nc(N)ccc1CNC(=O)c1ccnc(Cc2nc3c(S(C)(=O)=O)cccc3cc2F)c1. The van der Waals surface area contributed by atoms with E-state index in [2.05, 4.69) is 20.3 Å². The second-order valence-electron chi connectivity index (χ2n) is 7.89. The number of fused-ring (bicyclic) bond motifs is 1. The molecule has 34 heavy (non-hydrogen) atoms. The van der Waals surface area contributed by atoms with Crippen LogP contribution in [0.15, 0.2) is 59.6 Å². The molecule has 0 radical (unpaired) electrons. The molecular formula is C24H22FN5O3S. The first-order valence-electron chi connectivity index (χ1n) is 10.3. The van der Waals surface area contributed by atoms with Crippen molar-refractivity contribution < 1.29 is 17.6 Å². The van der Waals surface area contributed by atoms with E-state index >= 15 is 0 Å². The molecular weight excluding hydrogens is 457 g/mol. The number of hydrogen-bond acceptors (Lipinski definition) is 7. The van der Waals surface area contributed by atoms with Crippen LogP contribution < -0.4 is 11.1 Å². The highest BCUT2D eigenvalue weighted by Crippen LogP contribution is 2.24. The van der Waals surface area contributed by atoms with E-state index in [1.807, 2.05) is 6.92 Å². The molecule has 0 saturated heterocycles. The van der Waals surface area contributed by atoms with Crippen LogP contribution in [0.3, 0.4) is 0 Å². The topological polar surface area (TPSA) is 128 Å². The normalized spacial score (nSPS) is 11.5. The van der Waals surface area contributed by atoms with Crippen molar-refractivity contribution >= 4 is 32.5 Å². The zero-order valence-corrected chi connectivity index (χ0v) is 19.4. The number of hydrogen-bond donors (Lipinski definition) is 2. The van der Waals surface area contributed by atoms with Crippen LogP contribution in [0, 0.1) is 12.7 Å². The largest absolute Gasteiger partial charge is 0.384 e. The Morgan fingerprint density at radius 3 is 2.65 bits per heavy atom. The summed E-state index contributed by atoms with van der Waals surface area (Å²) in [7, 11) is -3.55. The molecule has 0 aliphatic rings. The van der Waals surface area contributed by atoms with E-state index in [9.17, 15) is 17.6 Å². The number of anilines is 1. The van der Waals surface area contributed by atoms with Gasteiger partial charge in [0, 0.05) is 47.8 Å². The van der Waals surface area contributed by atoms with E-state index in [-0.39, 0.29) is 35.0 Å². The Morgan fingerprint density at radius 2 is 1.91 bits per heavy atom. The van der Waals surface area contributed by atoms with Crippen LogP contribution in [0.25, 0.3) is 10.9 Å². The average Bonchev–Trinajstić information content (AvgIpc) is 2.78. The molecule has 3 heterocycles. The van der Waals surface area contributed by atoms with Crippen molar-refractivity contribution in [1.82, 2.24) is 20.3 Å². The van der Waals surface area contributed by atoms with Crippen molar-refractivity contribution in [3.8, 4) is 0 Å². The summed E-state index contributed by atoms with van der Waals surface area (Å²) in [5.74, 6) is -0.503. The van der Waals surface area contributed by atoms with Crippen LogP contribution in [0.1, 0.15) is 33.0 Å². The number of nitrogen functional groups attached to an aromatic ring is 1. The summed E-state index contributed by atoms with van der Waals surface area (Å²) in [4.78, 5) is 25.4. The van der Waals surface area contributed by atoms with Gasteiger partial charge in [0.2, 0.25) is 0 Å². The zero-order chi connectivity index (χ0) is 24.5. The molecule has 4 aromatic rings. The lowest BCUT2D eigenvalue weighted by atomic mass is 10.1. The van der Waals surface area contributed by atoms with Crippen molar-refractivity contribution in [3.05, 3.63) is 88.8 Å². The zero-order valence-electron chi connectivity index (χ0n) is 18.5. The van der Waals surface area contributed by atoms with Crippen molar-refractivity contribution in [1.29, 1.82) is 0 Å². The molecule has 0 saturated carbocycles. The minimum absolute atomic E-state index is 0.0119. The summed E-state index contributed by atoms with van der Waals surface area (Å²) >= 11 is 0. The summed E-state index contributed by atoms with van der Waals surface area (Å²) in [5.41, 5.74) is 8.22. The highest BCUT2D eigenvalue weighted by atomic mass is 32.2. The molecule has 0 unspecified atom stereocenters. The minimum atomic E-state index is -3.55. The predicted octanol–water partition coefficient (Wildman–Crippen LogP) is 2.98. The first-order valence-corrected chi connectivity index (χ1v) is 12.2. The third kappa shape index (κ3) is 5.01. The molecule has 1 amide bonds. The Labute approximate surface area is 196 Å². The lowest BCUT2D eigenvalue weighted by molar-refractivity contribution is 0.0950. The molecule has 10 heteroatoms. The fourth-order valence-corrected chi connectivity index (χ4v) is 4.41. The molecule has 0 atom stereocenters. The average molecular weight is 480 g/mol. The molecule has 174 valence electrons. The Hall–Kier alpha value is -3.92. The second-order valence-corrected chi connectivity index (χ2v) is 9.88. The van der Waals surface area contributed by atoms with Gasteiger partial charge in [-0.2, -0.15) is 0 Å². The van der Waals surface area contributed by atoms with E-state index in [4.69, 9.17) is 5.73 Å². The van der Waals surface area contributed by atoms with Gasteiger partial charge in [-0.05, 0) is 42.8 Å². The standard InChI is InChI=1S/C24H22FN5O3S/c1-14-17(6-7-22(26)29-14)13-28-24(31)16-8-9-27-18(10-16)12-20-19(25)11-15-4-3-5-21(23(15)30-20)34(2,32)33/h3-11H,12-13H2,1-2H3,(H2,26,29)(H,28,31). The number of aryl methyl sites for hydroxylation is 1. The third-order valence-electron chi connectivity index (χ3n) is 5.32. The number of amides is 1. The number of halogens is 1. The summed E-state index contributed by atoms with van der Waals surface area (Å²) in [6.07, 6.45) is 2.53. The molecule has 0 aliphatic carbocycles. The van der Waals surface area contributed by atoms with Crippen LogP contribution in [0.5, 0.6) is 0 Å². The number of benzene rings is 1. The van der Waals surface area contributed by atoms with Crippen LogP contribution in [-0.2, 0) is 22.8 Å². The van der Waals surface area contributed by atoms with Gasteiger partial charge in [-0.3, -0.25) is 9.78 Å². The third-order valence-corrected chi connectivity index (χ3v) is 6.45. The first kappa shape index (κ1) is 23.2. The number of aromatic nitrogens is 3. The monoisotopic (exact) mass is 479 g/mol. The Balaban J connectivity index is 1.57. The minimum Gasteiger partial charge on any atom is -0.384 e. The molecule has 0 aliphatic heterocycles. The highest BCUT2D eigenvalue weighted by Gasteiger charge is 2.17. The Morgan fingerprint density at radius 1 is 1.12 bits per heavy atom. The maximum Gasteiger partial charge on any atom is 0.251 e.